The molecule has 1 aliphatic carbocycles. The van der Waals surface area contributed by atoms with Gasteiger partial charge >= 0.3 is 5.97 Å². The summed E-state index contributed by atoms with van der Waals surface area (Å²) in [4.78, 5) is 11.7. The van der Waals surface area contributed by atoms with E-state index in [1.165, 1.54) is 6.07 Å². The highest BCUT2D eigenvalue weighted by Crippen LogP contribution is 2.50. The molecule has 0 aromatic heterocycles. The van der Waals surface area contributed by atoms with Crippen molar-refractivity contribution >= 4 is 11.5 Å². The second-order valence-corrected chi connectivity index (χ2v) is 10.2. The number of aliphatic hydroxyl groups is 1. The number of hydrogen-bond acceptors (Lipinski definition) is 4. The number of cyclic esters (lactones) is 1. The number of aryl methyl sites for hydroxylation is 1. The number of aliphatic hydroxyl groups excluding tert-OH is 1. The monoisotopic (exact) mass is 444 g/mol. The summed E-state index contributed by atoms with van der Waals surface area (Å²) >= 11 is 0. The predicted molar refractivity (Wildman–Crippen MR) is 125 cm³/mol. The van der Waals surface area contributed by atoms with Crippen molar-refractivity contribution in [2.24, 2.45) is 5.41 Å². The Labute approximate surface area is 191 Å². The van der Waals surface area contributed by atoms with Crippen molar-refractivity contribution in [3.05, 3.63) is 52.9 Å². The van der Waals surface area contributed by atoms with E-state index in [0.29, 0.717) is 12.0 Å². The van der Waals surface area contributed by atoms with E-state index in [2.05, 4.69) is 27.7 Å². The minimum atomic E-state index is -0.672. The molecule has 32 heavy (non-hydrogen) atoms. The molecular weight excluding hydrogens is 407 g/mol. The van der Waals surface area contributed by atoms with Crippen molar-refractivity contribution in [3.8, 4) is 0 Å². The predicted octanol–water partition coefficient (Wildman–Crippen LogP) is 5.91. The maximum atomic E-state index is 14.0. The first-order valence-corrected chi connectivity index (χ1v) is 11.7. The molecule has 176 valence electrons. The summed E-state index contributed by atoms with van der Waals surface area (Å²) in [6.07, 6.45) is 6.92. The normalized spacial score (nSPS) is 28.3. The SMILES string of the molecule is CCCCOC1(C)CC(c2ccc(F)c(C)c2)=C(C=CC2CC(O)CC(=O)O2)C(C)(C)C1. The van der Waals surface area contributed by atoms with Crippen LogP contribution in [-0.2, 0) is 14.3 Å². The van der Waals surface area contributed by atoms with E-state index < -0.39 is 12.2 Å². The third-order valence-corrected chi connectivity index (χ3v) is 6.54. The molecule has 1 fully saturated rings. The summed E-state index contributed by atoms with van der Waals surface area (Å²) in [7, 11) is 0. The number of hydrogen-bond donors (Lipinski definition) is 1. The number of halogens is 1. The van der Waals surface area contributed by atoms with Gasteiger partial charge in [-0.3, -0.25) is 4.79 Å². The summed E-state index contributed by atoms with van der Waals surface area (Å²) in [6, 6.07) is 5.26. The van der Waals surface area contributed by atoms with Gasteiger partial charge < -0.3 is 14.6 Å². The molecule has 3 rings (SSSR count). The molecule has 0 radical (unpaired) electrons. The molecule has 1 heterocycles. The summed E-state index contributed by atoms with van der Waals surface area (Å²) in [5, 5.41) is 9.95. The molecule has 1 aromatic rings. The number of allylic oxidation sites excluding steroid dienone is 2. The average molecular weight is 445 g/mol. The molecule has 1 aliphatic heterocycles. The van der Waals surface area contributed by atoms with Crippen LogP contribution in [0.1, 0.15) is 77.3 Å². The summed E-state index contributed by atoms with van der Waals surface area (Å²) in [6.45, 7) is 11.2. The van der Waals surface area contributed by atoms with Gasteiger partial charge in [0.25, 0.3) is 0 Å². The Morgan fingerprint density at radius 1 is 1.31 bits per heavy atom. The molecule has 1 aromatic carbocycles. The van der Waals surface area contributed by atoms with Crippen LogP contribution in [0.5, 0.6) is 0 Å². The van der Waals surface area contributed by atoms with Gasteiger partial charge in [0.2, 0.25) is 0 Å². The number of benzene rings is 1. The molecule has 5 heteroatoms. The molecule has 1 N–H and O–H groups in total. The van der Waals surface area contributed by atoms with Crippen LogP contribution in [0.3, 0.4) is 0 Å². The minimum Gasteiger partial charge on any atom is -0.458 e. The topological polar surface area (TPSA) is 55.8 Å². The van der Waals surface area contributed by atoms with E-state index in [0.717, 1.165) is 49.0 Å². The lowest BCUT2D eigenvalue weighted by Crippen LogP contribution is -2.40. The highest BCUT2D eigenvalue weighted by Gasteiger charge is 2.42. The molecule has 3 atom stereocenters. The van der Waals surface area contributed by atoms with Crippen LogP contribution in [-0.4, -0.2) is 35.5 Å². The van der Waals surface area contributed by atoms with Crippen LogP contribution in [0, 0.1) is 18.2 Å². The first-order chi connectivity index (χ1) is 15.0. The highest BCUT2D eigenvalue weighted by atomic mass is 19.1. The fourth-order valence-electron chi connectivity index (χ4n) is 5.08. The number of rotatable bonds is 7. The van der Waals surface area contributed by atoms with Crippen molar-refractivity contribution in [2.45, 2.75) is 91.0 Å². The first kappa shape index (κ1) is 24.7. The number of esters is 1. The van der Waals surface area contributed by atoms with Crippen LogP contribution >= 0.6 is 0 Å². The zero-order valence-corrected chi connectivity index (χ0v) is 20.0. The molecule has 2 aliphatic rings. The van der Waals surface area contributed by atoms with Crippen molar-refractivity contribution in [2.75, 3.05) is 6.61 Å². The lowest BCUT2D eigenvalue weighted by Gasteiger charge is -2.45. The Bertz CT molecular complexity index is 901. The zero-order valence-electron chi connectivity index (χ0n) is 20.0. The van der Waals surface area contributed by atoms with Crippen LogP contribution in [0.25, 0.3) is 5.57 Å². The number of unbranched alkanes of at least 4 members (excludes halogenated alkanes) is 1. The largest absolute Gasteiger partial charge is 0.458 e. The first-order valence-electron chi connectivity index (χ1n) is 11.7. The van der Waals surface area contributed by atoms with Gasteiger partial charge in [-0.15, -0.1) is 0 Å². The Hall–Kier alpha value is -1.98. The molecule has 0 spiro atoms. The van der Waals surface area contributed by atoms with Gasteiger partial charge in [-0.25, -0.2) is 4.39 Å². The Morgan fingerprint density at radius 2 is 2.06 bits per heavy atom. The number of carbonyl (C=O) groups excluding carboxylic acids is 1. The third-order valence-electron chi connectivity index (χ3n) is 6.54. The van der Waals surface area contributed by atoms with Gasteiger partial charge in [0.15, 0.2) is 0 Å². The standard InChI is InChI=1S/C27H37FO4/c1-6-7-12-31-27(5)16-22(19-8-11-24(28)18(2)13-19)23(26(3,4)17-27)10-9-21-14-20(29)15-25(30)32-21/h8-11,13,20-21,29H,6-7,12,14-17H2,1-5H3. The van der Waals surface area contributed by atoms with Crippen LogP contribution in [0.2, 0.25) is 0 Å². The number of ether oxygens (including phenoxy) is 2. The second kappa shape index (κ2) is 9.88. The molecule has 3 unspecified atom stereocenters. The lowest BCUT2D eigenvalue weighted by atomic mass is 9.65. The van der Waals surface area contributed by atoms with Crippen LogP contribution < -0.4 is 0 Å². The van der Waals surface area contributed by atoms with Gasteiger partial charge in [-0.05, 0) is 72.6 Å². The maximum Gasteiger partial charge on any atom is 0.309 e. The molecule has 0 saturated carbocycles. The zero-order chi connectivity index (χ0) is 23.5. The fraction of sp³-hybridized carbons (Fsp3) is 0.593. The Balaban J connectivity index is 2.01. The Kier molecular flexibility index (Phi) is 7.61. The molecule has 0 bridgehead atoms. The van der Waals surface area contributed by atoms with Gasteiger partial charge in [0.1, 0.15) is 11.9 Å². The van der Waals surface area contributed by atoms with Crippen molar-refractivity contribution in [3.63, 3.8) is 0 Å². The highest BCUT2D eigenvalue weighted by molar-refractivity contribution is 5.75. The maximum absolute atomic E-state index is 14.0. The van der Waals surface area contributed by atoms with Gasteiger partial charge in [-0.2, -0.15) is 0 Å². The van der Waals surface area contributed by atoms with E-state index in [-0.39, 0.29) is 29.2 Å². The van der Waals surface area contributed by atoms with E-state index >= 15 is 0 Å². The van der Waals surface area contributed by atoms with Crippen LogP contribution in [0.15, 0.2) is 35.9 Å². The molecular formula is C27H37FO4. The lowest BCUT2D eigenvalue weighted by molar-refractivity contribution is -0.156. The van der Waals surface area contributed by atoms with Crippen molar-refractivity contribution in [1.82, 2.24) is 0 Å². The summed E-state index contributed by atoms with van der Waals surface area (Å²) < 4.78 is 25.8. The smallest absolute Gasteiger partial charge is 0.309 e. The van der Waals surface area contributed by atoms with E-state index in [9.17, 15) is 14.3 Å². The summed E-state index contributed by atoms with van der Waals surface area (Å²) in [5.74, 6) is -0.590. The average Bonchev–Trinajstić information content (AvgIpc) is 2.68. The van der Waals surface area contributed by atoms with E-state index in [4.69, 9.17) is 9.47 Å². The quantitative estimate of drug-likeness (QED) is 0.420. The molecule has 1 saturated heterocycles. The third kappa shape index (κ3) is 5.87. The van der Waals surface area contributed by atoms with E-state index in [1.807, 2.05) is 24.3 Å². The minimum absolute atomic E-state index is 0.0477. The molecule has 4 nitrogen and oxygen atoms in total. The Morgan fingerprint density at radius 3 is 2.72 bits per heavy atom. The van der Waals surface area contributed by atoms with Crippen molar-refractivity contribution < 1.29 is 23.8 Å². The van der Waals surface area contributed by atoms with E-state index in [1.54, 1.807) is 6.92 Å². The van der Waals surface area contributed by atoms with Gasteiger partial charge in [-0.1, -0.05) is 39.3 Å². The molecule has 0 amide bonds. The second-order valence-electron chi connectivity index (χ2n) is 10.2. The fourth-order valence-corrected chi connectivity index (χ4v) is 5.08. The van der Waals surface area contributed by atoms with Crippen LogP contribution in [0.4, 0.5) is 4.39 Å². The summed E-state index contributed by atoms with van der Waals surface area (Å²) in [5.41, 5.74) is 3.34. The number of carbonyl (C=O) groups is 1. The van der Waals surface area contributed by atoms with Crippen molar-refractivity contribution in [1.29, 1.82) is 0 Å². The van der Waals surface area contributed by atoms with Gasteiger partial charge in [0.05, 0.1) is 18.1 Å². The van der Waals surface area contributed by atoms with Gasteiger partial charge in [0, 0.05) is 19.4 Å².